The molecular weight excluding hydrogens is 204 g/mol. The predicted octanol–water partition coefficient (Wildman–Crippen LogP) is 0.0190. The van der Waals surface area contributed by atoms with Crippen molar-refractivity contribution in [1.29, 1.82) is 0 Å². The van der Waals surface area contributed by atoms with E-state index in [1.54, 1.807) is 0 Å². The lowest BCUT2D eigenvalue weighted by Gasteiger charge is -2.36. The van der Waals surface area contributed by atoms with Gasteiger partial charge in [0.05, 0.1) is 6.61 Å². The normalized spacial score (nSPS) is 24.6. The van der Waals surface area contributed by atoms with Crippen molar-refractivity contribution in [3.8, 4) is 0 Å². The van der Waals surface area contributed by atoms with Gasteiger partial charge in [-0.1, -0.05) is 0 Å². The molecule has 4 nitrogen and oxygen atoms in total. The fourth-order valence-corrected chi connectivity index (χ4v) is 2.03. The van der Waals surface area contributed by atoms with Crippen LogP contribution in [-0.2, 0) is 9.53 Å². The molecule has 1 amide bonds. The van der Waals surface area contributed by atoms with E-state index in [4.69, 9.17) is 4.74 Å². The molecule has 0 aromatic heterocycles. The van der Waals surface area contributed by atoms with Crippen molar-refractivity contribution in [3.63, 3.8) is 0 Å². The van der Waals surface area contributed by atoms with E-state index in [9.17, 15) is 4.79 Å². The van der Waals surface area contributed by atoms with Crippen molar-refractivity contribution >= 4 is 18.3 Å². The quantitative estimate of drug-likeness (QED) is 0.678. The van der Waals surface area contributed by atoms with Gasteiger partial charge in [0.2, 0.25) is 5.91 Å². The van der Waals surface area contributed by atoms with Crippen LogP contribution in [0.25, 0.3) is 0 Å². The molecular formula is C9H17ClN2O2. The molecule has 14 heavy (non-hydrogen) atoms. The molecule has 0 saturated carbocycles. The number of halogens is 1. The maximum absolute atomic E-state index is 11.5. The highest BCUT2D eigenvalue weighted by atomic mass is 35.5. The Kier molecular flexibility index (Phi) is 4.65. The highest BCUT2D eigenvalue weighted by molar-refractivity contribution is 5.85. The van der Waals surface area contributed by atoms with E-state index in [0.29, 0.717) is 12.6 Å². The number of morpholine rings is 1. The lowest BCUT2D eigenvalue weighted by atomic mass is 10.0. The summed E-state index contributed by atoms with van der Waals surface area (Å²) in [5.74, 6) is 0.165. The Morgan fingerprint density at radius 1 is 1.36 bits per heavy atom. The first-order chi connectivity index (χ1) is 6.38. The van der Waals surface area contributed by atoms with Crippen LogP contribution < -0.4 is 5.32 Å². The zero-order chi connectivity index (χ0) is 9.10. The topological polar surface area (TPSA) is 41.6 Å². The van der Waals surface area contributed by atoms with Crippen molar-refractivity contribution in [2.24, 2.45) is 0 Å². The van der Waals surface area contributed by atoms with Crippen LogP contribution in [0.15, 0.2) is 0 Å². The van der Waals surface area contributed by atoms with Gasteiger partial charge in [0.15, 0.2) is 0 Å². The highest BCUT2D eigenvalue weighted by Gasteiger charge is 2.27. The fourth-order valence-electron chi connectivity index (χ4n) is 2.03. The smallest absolute Gasteiger partial charge is 0.248 e. The second-order valence-corrected chi connectivity index (χ2v) is 3.62. The fraction of sp³-hybridized carbons (Fsp3) is 0.889. The SMILES string of the molecule is Cl.O=C1COCCN1C1CCNCC1. The van der Waals surface area contributed by atoms with Crippen LogP contribution in [-0.4, -0.2) is 49.7 Å². The maximum Gasteiger partial charge on any atom is 0.248 e. The van der Waals surface area contributed by atoms with Gasteiger partial charge in [-0.05, 0) is 25.9 Å². The molecule has 0 aromatic rings. The molecule has 2 rings (SSSR count). The Labute approximate surface area is 90.4 Å². The largest absolute Gasteiger partial charge is 0.370 e. The summed E-state index contributed by atoms with van der Waals surface area (Å²) < 4.78 is 5.10. The summed E-state index contributed by atoms with van der Waals surface area (Å²) in [7, 11) is 0. The Bertz CT molecular complexity index is 195. The van der Waals surface area contributed by atoms with Gasteiger partial charge < -0.3 is 15.0 Å². The summed E-state index contributed by atoms with van der Waals surface area (Å²) in [6.07, 6.45) is 2.18. The van der Waals surface area contributed by atoms with Crippen LogP contribution in [0.1, 0.15) is 12.8 Å². The molecule has 2 saturated heterocycles. The number of ether oxygens (including phenoxy) is 1. The summed E-state index contributed by atoms with van der Waals surface area (Å²) in [6, 6.07) is 0.456. The first-order valence-electron chi connectivity index (χ1n) is 4.96. The van der Waals surface area contributed by atoms with Gasteiger partial charge in [0, 0.05) is 12.6 Å². The summed E-state index contributed by atoms with van der Waals surface area (Å²) in [6.45, 7) is 3.84. The number of rotatable bonds is 1. The zero-order valence-electron chi connectivity index (χ0n) is 8.20. The molecule has 2 aliphatic rings. The number of hydrogen-bond donors (Lipinski definition) is 1. The van der Waals surface area contributed by atoms with E-state index in [2.05, 4.69) is 5.32 Å². The van der Waals surface area contributed by atoms with Crippen molar-refractivity contribution in [2.45, 2.75) is 18.9 Å². The molecule has 0 atom stereocenters. The number of piperidine rings is 1. The van der Waals surface area contributed by atoms with E-state index in [1.165, 1.54) is 0 Å². The molecule has 0 aliphatic carbocycles. The van der Waals surface area contributed by atoms with Crippen molar-refractivity contribution < 1.29 is 9.53 Å². The van der Waals surface area contributed by atoms with E-state index in [-0.39, 0.29) is 24.9 Å². The molecule has 0 spiro atoms. The molecule has 2 heterocycles. The van der Waals surface area contributed by atoms with Crippen LogP contribution in [0.5, 0.6) is 0 Å². The average molecular weight is 221 g/mol. The summed E-state index contributed by atoms with van der Waals surface area (Å²) in [5.41, 5.74) is 0. The monoisotopic (exact) mass is 220 g/mol. The maximum atomic E-state index is 11.5. The Morgan fingerprint density at radius 3 is 2.71 bits per heavy atom. The van der Waals surface area contributed by atoms with Crippen LogP contribution in [0.3, 0.4) is 0 Å². The first kappa shape index (κ1) is 11.8. The Morgan fingerprint density at radius 2 is 2.07 bits per heavy atom. The standard InChI is InChI=1S/C9H16N2O2.ClH/c12-9-7-13-6-5-11(9)8-1-3-10-4-2-8;/h8,10H,1-7H2;1H. The van der Waals surface area contributed by atoms with Gasteiger partial charge in [0.25, 0.3) is 0 Å². The molecule has 2 fully saturated rings. The second kappa shape index (κ2) is 5.53. The van der Waals surface area contributed by atoms with Crippen molar-refractivity contribution in [2.75, 3.05) is 32.8 Å². The minimum absolute atomic E-state index is 0. The van der Waals surface area contributed by atoms with Crippen LogP contribution in [0.2, 0.25) is 0 Å². The Balaban J connectivity index is 0.000000980. The molecule has 0 aromatic carbocycles. The molecule has 0 radical (unpaired) electrons. The van der Waals surface area contributed by atoms with Gasteiger partial charge in [0.1, 0.15) is 6.61 Å². The third-order valence-corrected chi connectivity index (χ3v) is 2.77. The van der Waals surface area contributed by atoms with Gasteiger partial charge >= 0.3 is 0 Å². The number of hydrogen-bond acceptors (Lipinski definition) is 3. The third kappa shape index (κ3) is 2.59. The van der Waals surface area contributed by atoms with E-state index >= 15 is 0 Å². The zero-order valence-corrected chi connectivity index (χ0v) is 9.02. The second-order valence-electron chi connectivity index (χ2n) is 3.62. The molecule has 0 unspecified atom stereocenters. The lowest BCUT2D eigenvalue weighted by Crippen LogP contribution is -2.51. The number of nitrogens with zero attached hydrogens (tertiary/aromatic N) is 1. The van der Waals surface area contributed by atoms with E-state index in [0.717, 1.165) is 32.5 Å². The molecule has 1 N–H and O–H groups in total. The van der Waals surface area contributed by atoms with Crippen LogP contribution in [0.4, 0.5) is 0 Å². The molecule has 2 aliphatic heterocycles. The summed E-state index contributed by atoms with van der Waals surface area (Å²) in [5, 5.41) is 3.30. The average Bonchev–Trinajstić information content (AvgIpc) is 2.20. The van der Waals surface area contributed by atoms with Gasteiger partial charge in [-0.3, -0.25) is 4.79 Å². The van der Waals surface area contributed by atoms with E-state index in [1.807, 2.05) is 4.90 Å². The summed E-state index contributed by atoms with van der Waals surface area (Å²) >= 11 is 0. The first-order valence-corrected chi connectivity index (χ1v) is 4.96. The minimum atomic E-state index is 0. The molecule has 0 bridgehead atoms. The summed E-state index contributed by atoms with van der Waals surface area (Å²) in [4.78, 5) is 13.5. The minimum Gasteiger partial charge on any atom is -0.370 e. The number of amides is 1. The van der Waals surface area contributed by atoms with Crippen molar-refractivity contribution in [1.82, 2.24) is 10.2 Å². The lowest BCUT2D eigenvalue weighted by molar-refractivity contribution is -0.146. The number of carbonyl (C=O) groups is 1. The van der Waals surface area contributed by atoms with E-state index < -0.39 is 0 Å². The van der Waals surface area contributed by atoms with Gasteiger partial charge in [-0.2, -0.15) is 0 Å². The number of carbonyl (C=O) groups excluding carboxylic acids is 1. The van der Waals surface area contributed by atoms with Gasteiger partial charge in [-0.25, -0.2) is 0 Å². The Hall–Kier alpha value is -0.320. The molecule has 5 heteroatoms. The third-order valence-electron chi connectivity index (χ3n) is 2.77. The van der Waals surface area contributed by atoms with Gasteiger partial charge in [-0.15, -0.1) is 12.4 Å². The predicted molar refractivity (Wildman–Crippen MR) is 55.7 cm³/mol. The van der Waals surface area contributed by atoms with Crippen LogP contribution in [0, 0.1) is 0 Å². The van der Waals surface area contributed by atoms with Crippen LogP contribution >= 0.6 is 12.4 Å². The van der Waals surface area contributed by atoms with Crippen molar-refractivity contribution in [3.05, 3.63) is 0 Å². The molecule has 82 valence electrons. The number of nitrogens with one attached hydrogen (secondary N) is 1. The highest BCUT2D eigenvalue weighted by Crippen LogP contribution is 2.13.